The molecule has 0 saturated heterocycles. The van der Waals surface area contributed by atoms with Crippen molar-refractivity contribution in [2.24, 2.45) is 5.73 Å². The summed E-state index contributed by atoms with van der Waals surface area (Å²) in [6.07, 6.45) is 2.70. The third-order valence-electron chi connectivity index (χ3n) is 3.56. The highest BCUT2D eigenvalue weighted by atomic mass is 32.1. The van der Waals surface area contributed by atoms with Crippen LogP contribution in [0, 0.1) is 13.8 Å². The van der Waals surface area contributed by atoms with E-state index in [1.807, 2.05) is 24.5 Å². The van der Waals surface area contributed by atoms with Crippen molar-refractivity contribution in [2.45, 2.75) is 39.8 Å². The molecule has 0 aliphatic carbocycles. The fourth-order valence-electron chi connectivity index (χ4n) is 2.43. The number of hydrogen-bond acceptors (Lipinski definition) is 6. The molecule has 3 aromatic heterocycles. The molecule has 0 aliphatic rings. The Morgan fingerprint density at radius 2 is 2.09 bits per heavy atom. The quantitative estimate of drug-likeness (QED) is 0.744. The van der Waals surface area contributed by atoms with Gasteiger partial charge in [0.1, 0.15) is 5.52 Å². The molecule has 0 spiro atoms. The number of rotatable bonds is 5. The first-order chi connectivity index (χ1) is 10.5. The van der Waals surface area contributed by atoms with Crippen LogP contribution in [-0.2, 0) is 13.0 Å². The summed E-state index contributed by atoms with van der Waals surface area (Å²) in [5, 5.41) is 12.0. The Kier molecular flexibility index (Phi) is 4.42. The van der Waals surface area contributed by atoms with E-state index in [0.717, 1.165) is 24.2 Å². The first kappa shape index (κ1) is 15.4. The second kappa shape index (κ2) is 6.32. The van der Waals surface area contributed by atoms with Crippen LogP contribution in [-0.4, -0.2) is 16.2 Å². The van der Waals surface area contributed by atoms with Crippen LogP contribution in [0.5, 0.6) is 0 Å². The second-order valence-electron chi connectivity index (χ2n) is 5.63. The van der Waals surface area contributed by atoms with Gasteiger partial charge in [0.05, 0.1) is 16.6 Å². The molecule has 116 valence electrons. The van der Waals surface area contributed by atoms with E-state index < -0.39 is 0 Å². The second-order valence-corrected chi connectivity index (χ2v) is 8.11. The molecule has 0 radical (unpaired) electrons. The monoisotopic (exact) mass is 332 g/mol. The predicted octanol–water partition coefficient (Wildman–Crippen LogP) is 3.87. The van der Waals surface area contributed by atoms with Crippen LogP contribution in [0.3, 0.4) is 0 Å². The van der Waals surface area contributed by atoms with Gasteiger partial charge in [0.25, 0.3) is 0 Å². The van der Waals surface area contributed by atoms with Crippen LogP contribution >= 0.6 is 22.7 Å². The number of anilines is 1. The van der Waals surface area contributed by atoms with Crippen LogP contribution < -0.4 is 11.1 Å². The van der Waals surface area contributed by atoms with E-state index in [0.29, 0.717) is 0 Å². The number of thiophene rings is 2. The van der Waals surface area contributed by atoms with E-state index >= 15 is 0 Å². The minimum Gasteiger partial charge on any atom is -0.378 e. The van der Waals surface area contributed by atoms with Gasteiger partial charge in [-0.1, -0.05) is 0 Å². The van der Waals surface area contributed by atoms with Crippen LogP contribution in [0.15, 0.2) is 18.3 Å². The standard InChI is InChI=1S/C16H20N4S2/c1-9(17)6-14-11(3)15-16(22-14)13(8-19-20-15)18-7-12-5-4-10(2)21-12/h4-5,8-9H,6-7,17H2,1-3H3,(H,18,20)/t9-/m0/s1. The predicted molar refractivity (Wildman–Crippen MR) is 95.9 cm³/mol. The van der Waals surface area contributed by atoms with Crippen molar-refractivity contribution in [1.29, 1.82) is 0 Å². The van der Waals surface area contributed by atoms with Crippen LogP contribution in [0.4, 0.5) is 5.69 Å². The molecule has 1 atom stereocenters. The number of aromatic nitrogens is 2. The SMILES string of the molecule is Cc1ccc(CNc2cnnc3c(C)c(C[C@H](C)N)sc23)s1. The van der Waals surface area contributed by atoms with Gasteiger partial charge >= 0.3 is 0 Å². The number of nitrogens with two attached hydrogens (primary N) is 1. The molecule has 3 aromatic rings. The lowest BCUT2D eigenvalue weighted by Crippen LogP contribution is -2.17. The van der Waals surface area contributed by atoms with Gasteiger partial charge in [-0.05, 0) is 44.9 Å². The van der Waals surface area contributed by atoms with Crippen molar-refractivity contribution >= 4 is 38.6 Å². The van der Waals surface area contributed by atoms with Crippen LogP contribution in [0.1, 0.15) is 27.1 Å². The molecular weight excluding hydrogens is 312 g/mol. The largest absolute Gasteiger partial charge is 0.378 e. The zero-order chi connectivity index (χ0) is 15.7. The summed E-state index contributed by atoms with van der Waals surface area (Å²) in [4.78, 5) is 3.97. The van der Waals surface area contributed by atoms with Gasteiger partial charge in [0.15, 0.2) is 0 Å². The van der Waals surface area contributed by atoms with Gasteiger partial charge in [-0.25, -0.2) is 0 Å². The summed E-state index contributed by atoms with van der Waals surface area (Å²) in [7, 11) is 0. The highest BCUT2D eigenvalue weighted by molar-refractivity contribution is 7.19. The van der Waals surface area contributed by atoms with Crippen LogP contribution in [0.2, 0.25) is 0 Å². The van der Waals surface area contributed by atoms with Gasteiger partial charge in [-0.3, -0.25) is 0 Å². The maximum absolute atomic E-state index is 5.95. The first-order valence-electron chi connectivity index (χ1n) is 7.33. The lowest BCUT2D eigenvalue weighted by atomic mass is 10.1. The molecule has 0 aromatic carbocycles. The number of fused-ring (bicyclic) bond motifs is 1. The van der Waals surface area contributed by atoms with Crippen molar-refractivity contribution in [2.75, 3.05) is 5.32 Å². The van der Waals surface area contributed by atoms with Crippen molar-refractivity contribution in [3.63, 3.8) is 0 Å². The minimum atomic E-state index is 0.158. The highest BCUT2D eigenvalue weighted by Crippen LogP contribution is 2.34. The summed E-state index contributed by atoms with van der Waals surface area (Å²) in [5.74, 6) is 0. The van der Waals surface area contributed by atoms with Gasteiger partial charge < -0.3 is 11.1 Å². The summed E-state index contributed by atoms with van der Waals surface area (Å²) < 4.78 is 1.18. The molecule has 3 N–H and O–H groups in total. The third-order valence-corrected chi connectivity index (χ3v) is 5.90. The van der Waals surface area contributed by atoms with Crippen molar-refractivity contribution < 1.29 is 0 Å². The minimum absolute atomic E-state index is 0.158. The molecule has 0 bridgehead atoms. The molecule has 3 rings (SSSR count). The Bertz CT molecular complexity index is 789. The Morgan fingerprint density at radius 1 is 1.27 bits per heavy atom. The zero-order valence-corrected chi connectivity index (χ0v) is 14.6. The molecule has 4 nitrogen and oxygen atoms in total. The molecule has 0 fully saturated rings. The van der Waals surface area contributed by atoms with E-state index in [4.69, 9.17) is 5.73 Å². The number of nitrogens with zero attached hydrogens (tertiary/aromatic N) is 2. The number of hydrogen-bond donors (Lipinski definition) is 2. The molecule has 22 heavy (non-hydrogen) atoms. The highest BCUT2D eigenvalue weighted by Gasteiger charge is 2.14. The Balaban J connectivity index is 1.89. The van der Waals surface area contributed by atoms with E-state index in [1.54, 1.807) is 11.3 Å². The van der Waals surface area contributed by atoms with Gasteiger partial charge in [0.2, 0.25) is 0 Å². The molecule has 0 unspecified atom stereocenters. The van der Waals surface area contributed by atoms with Crippen molar-refractivity contribution in [3.05, 3.63) is 38.5 Å². The van der Waals surface area contributed by atoms with E-state index in [-0.39, 0.29) is 6.04 Å². The van der Waals surface area contributed by atoms with Crippen LogP contribution in [0.25, 0.3) is 10.2 Å². The van der Waals surface area contributed by atoms with E-state index in [2.05, 4.69) is 41.5 Å². The van der Waals surface area contributed by atoms with Crippen molar-refractivity contribution in [1.82, 2.24) is 10.2 Å². The molecule has 3 heterocycles. The van der Waals surface area contributed by atoms with Gasteiger partial charge in [-0.15, -0.1) is 27.8 Å². The topological polar surface area (TPSA) is 63.8 Å². The zero-order valence-electron chi connectivity index (χ0n) is 13.0. The summed E-state index contributed by atoms with van der Waals surface area (Å²) in [6, 6.07) is 4.48. The first-order valence-corrected chi connectivity index (χ1v) is 8.96. The molecule has 0 aliphatic heterocycles. The Labute approximate surface area is 138 Å². The summed E-state index contributed by atoms with van der Waals surface area (Å²) >= 11 is 3.60. The lowest BCUT2D eigenvalue weighted by Gasteiger charge is -2.04. The average Bonchev–Trinajstić information content (AvgIpc) is 3.02. The molecule has 6 heteroatoms. The van der Waals surface area contributed by atoms with Crippen molar-refractivity contribution in [3.8, 4) is 0 Å². The number of nitrogens with one attached hydrogen (secondary N) is 1. The number of aryl methyl sites for hydroxylation is 2. The van der Waals surface area contributed by atoms with Gasteiger partial charge in [0, 0.05) is 27.2 Å². The Hall–Kier alpha value is -1.50. The van der Waals surface area contributed by atoms with E-state index in [9.17, 15) is 0 Å². The fourth-order valence-corrected chi connectivity index (χ4v) is 4.63. The third kappa shape index (κ3) is 3.14. The molecule has 0 saturated carbocycles. The lowest BCUT2D eigenvalue weighted by molar-refractivity contribution is 0.744. The summed E-state index contributed by atoms with van der Waals surface area (Å²) in [5.41, 5.74) is 9.20. The maximum atomic E-state index is 5.95. The molecular formula is C16H20N4S2. The fraction of sp³-hybridized carbons (Fsp3) is 0.375. The Morgan fingerprint density at radius 3 is 2.77 bits per heavy atom. The smallest absolute Gasteiger partial charge is 0.109 e. The average molecular weight is 332 g/mol. The van der Waals surface area contributed by atoms with E-state index in [1.165, 1.54) is 24.9 Å². The normalized spacial score (nSPS) is 12.7. The van der Waals surface area contributed by atoms with Gasteiger partial charge in [-0.2, -0.15) is 5.10 Å². The summed E-state index contributed by atoms with van der Waals surface area (Å²) in [6.45, 7) is 7.09. The maximum Gasteiger partial charge on any atom is 0.109 e. The molecule has 0 amide bonds.